The van der Waals surface area contributed by atoms with E-state index in [1.807, 2.05) is 47.4 Å². The quantitative estimate of drug-likeness (QED) is 0.663. The molecule has 146 valence electrons. The Kier molecular flexibility index (Phi) is 5.45. The monoisotopic (exact) mass is 398 g/mol. The first kappa shape index (κ1) is 18.7. The van der Waals surface area contributed by atoms with Crippen LogP contribution in [-0.2, 0) is 11.2 Å². The molecule has 0 bridgehead atoms. The van der Waals surface area contributed by atoms with Crippen molar-refractivity contribution in [2.24, 2.45) is 0 Å². The fourth-order valence-corrected chi connectivity index (χ4v) is 4.22. The number of carbonyl (C=O) groups excluding carboxylic acids is 1. The van der Waals surface area contributed by atoms with Crippen LogP contribution in [0.25, 0.3) is 10.2 Å². The van der Waals surface area contributed by atoms with Gasteiger partial charge in [-0.05, 0) is 5.56 Å². The minimum Gasteiger partial charge on any atom is -0.454 e. The van der Waals surface area contributed by atoms with E-state index >= 15 is 0 Å². The van der Waals surface area contributed by atoms with Gasteiger partial charge >= 0.3 is 0 Å². The third-order valence-electron chi connectivity index (χ3n) is 4.66. The number of fused-ring (bicyclic) bond motifs is 2. The van der Waals surface area contributed by atoms with E-state index in [9.17, 15) is 4.79 Å². The van der Waals surface area contributed by atoms with Crippen LogP contribution in [0.3, 0.4) is 0 Å². The molecular formula is C21H24N3O3S+. The summed E-state index contributed by atoms with van der Waals surface area (Å²) in [5, 5.41) is 0.730. The molecule has 1 N–H and O–H groups in total. The summed E-state index contributed by atoms with van der Waals surface area (Å²) in [4.78, 5) is 21.0. The molecule has 7 heteroatoms. The van der Waals surface area contributed by atoms with Crippen LogP contribution in [0.1, 0.15) is 12.0 Å². The summed E-state index contributed by atoms with van der Waals surface area (Å²) >= 11 is 1.52. The molecule has 2 aromatic carbocycles. The van der Waals surface area contributed by atoms with Crippen molar-refractivity contribution in [2.45, 2.75) is 12.8 Å². The van der Waals surface area contributed by atoms with Gasteiger partial charge in [0.25, 0.3) is 0 Å². The summed E-state index contributed by atoms with van der Waals surface area (Å²) in [6, 6.07) is 13.7. The second kappa shape index (κ2) is 8.16. The molecule has 0 fully saturated rings. The average molecular weight is 399 g/mol. The summed E-state index contributed by atoms with van der Waals surface area (Å²) in [5.41, 5.74) is 1.85. The van der Waals surface area contributed by atoms with Gasteiger partial charge in [0, 0.05) is 25.1 Å². The van der Waals surface area contributed by atoms with Gasteiger partial charge in [-0.15, -0.1) is 0 Å². The number of carbonyl (C=O) groups is 1. The molecule has 0 unspecified atom stereocenters. The van der Waals surface area contributed by atoms with Crippen LogP contribution in [0.15, 0.2) is 42.5 Å². The van der Waals surface area contributed by atoms with E-state index in [4.69, 9.17) is 14.5 Å². The van der Waals surface area contributed by atoms with E-state index in [1.165, 1.54) is 16.2 Å². The molecule has 0 radical (unpaired) electrons. The SMILES string of the molecule is C[NH+](C)CCCN(C(=O)Cc1ccccc1)c1nc2cc3c(cc2s1)OCO3. The van der Waals surface area contributed by atoms with Gasteiger partial charge < -0.3 is 14.4 Å². The highest BCUT2D eigenvalue weighted by Gasteiger charge is 2.22. The Morgan fingerprint density at radius 1 is 1.18 bits per heavy atom. The van der Waals surface area contributed by atoms with Gasteiger partial charge in [-0.25, -0.2) is 4.98 Å². The van der Waals surface area contributed by atoms with E-state index < -0.39 is 0 Å². The van der Waals surface area contributed by atoms with Crippen molar-refractivity contribution in [2.75, 3.05) is 38.9 Å². The standard InChI is InChI=1S/C21H23N3O3S/c1-23(2)9-6-10-24(20(25)11-15-7-4-3-5-8-15)21-22-16-12-17-18(27-14-26-17)13-19(16)28-21/h3-5,7-8,12-13H,6,9-11,14H2,1-2H3/p+1. The predicted octanol–water partition coefficient (Wildman–Crippen LogP) is 2.14. The fraction of sp³-hybridized carbons (Fsp3) is 0.333. The van der Waals surface area contributed by atoms with Crippen LogP contribution < -0.4 is 19.3 Å². The Morgan fingerprint density at radius 2 is 1.93 bits per heavy atom. The van der Waals surface area contributed by atoms with Gasteiger partial charge in [0.15, 0.2) is 16.6 Å². The first-order valence-electron chi connectivity index (χ1n) is 9.43. The van der Waals surface area contributed by atoms with Crippen LogP contribution >= 0.6 is 11.3 Å². The molecule has 0 saturated carbocycles. The lowest BCUT2D eigenvalue weighted by molar-refractivity contribution is -0.858. The predicted molar refractivity (Wildman–Crippen MR) is 111 cm³/mol. The largest absolute Gasteiger partial charge is 0.454 e. The second-order valence-electron chi connectivity index (χ2n) is 7.19. The lowest BCUT2D eigenvalue weighted by Gasteiger charge is -2.20. The normalized spacial score (nSPS) is 12.7. The molecule has 1 aliphatic heterocycles. The van der Waals surface area contributed by atoms with Crippen molar-refractivity contribution in [3.63, 3.8) is 0 Å². The number of rotatable bonds is 7. The molecule has 28 heavy (non-hydrogen) atoms. The maximum atomic E-state index is 13.1. The topological polar surface area (TPSA) is 56.1 Å². The Labute approximate surface area is 168 Å². The molecule has 3 aromatic rings. The minimum absolute atomic E-state index is 0.0686. The summed E-state index contributed by atoms with van der Waals surface area (Å²) in [6.07, 6.45) is 1.29. The van der Waals surface area contributed by atoms with Crippen LogP contribution in [0.2, 0.25) is 0 Å². The van der Waals surface area contributed by atoms with E-state index in [-0.39, 0.29) is 12.7 Å². The number of anilines is 1. The molecule has 6 nitrogen and oxygen atoms in total. The lowest BCUT2D eigenvalue weighted by atomic mass is 10.1. The van der Waals surface area contributed by atoms with Crippen molar-refractivity contribution >= 4 is 32.6 Å². The van der Waals surface area contributed by atoms with Crippen LogP contribution in [0.5, 0.6) is 11.5 Å². The van der Waals surface area contributed by atoms with Gasteiger partial charge in [0.1, 0.15) is 0 Å². The van der Waals surface area contributed by atoms with Crippen molar-refractivity contribution in [1.29, 1.82) is 0 Å². The van der Waals surface area contributed by atoms with Crippen molar-refractivity contribution in [3.8, 4) is 11.5 Å². The molecule has 0 atom stereocenters. The van der Waals surface area contributed by atoms with E-state index in [0.29, 0.717) is 18.7 Å². The molecule has 1 aliphatic rings. The highest BCUT2D eigenvalue weighted by atomic mass is 32.1. The summed E-state index contributed by atoms with van der Waals surface area (Å²) in [6.45, 7) is 1.90. The smallest absolute Gasteiger partial charge is 0.233 e. The van der Waals surface area contributed by atoms with Gasteiger partial charge in [-0.1, -0.05) is 41.7 Å². The third kappa shape index (κ3) is 4.10. The first-order valence-corrected chi connectivity index (χ1v) is 10.3. The molecule has 1 amide bonds. The van der Waals surface area contributed by atoms with Gasteiger partial charge in [0.05, 0.1) is 37.3 Å². The van der Waals surface area contributed by atoms with Crippen LogP contribution in [0.4, 0.5) is 5.13 Å². The van der Waals surface area contributed by atoms with Gasteiger partial charge in [-0.3, -0.25) is 9.69 Å². The van der Waals surface area contributed by atoms with Gasteiger partial charge in [0.2, 0.25) is 12.7 Å². The third-order valence-corrected chi connectivity index (χ3v) is 5.70. The van der Waals surface area contributed by atoms with Crippen molar-refractivity contribution in [3.05, 3.63) is 48.0 Å². The highest BCUT2D eigenvalue weighted by molar-refractivity contribution is 7.22. The summed E-state index contributed by atoms with van der Waals surface area (Å²) < 4.78 is 11.9. The van der Waals surface area contributed by atoms with Gasteiger partial charge in [-0.2, -0.15) is 0 Å². The number of hydrogen-bond donors (Lipinski definition) is 1. The number of nitrogens with one attached hydrogen (secondary N) is 1. The van der Waals surface area contributed by atoms with Crippen molar-refractivity contribution in [1.82, 2.24) is 4.98 Å². The number of aromatic nitrogens is 1. The maximum Gasteiger partial charge on any atom is 0.233 e. The molecule has 0 aliphatic carbocycles. The van der Waals surface area contributed by atoms with Crippen molar-refractivity contribution < 1.29 is 19.2 Å². The molecular weight excluding hydrogens is 374 g/mol. The number of thiazole rings is 1. The van der Waals surface area contributed by atoms with E-state index in [2.05, 4.69) is 14.1 Å². The number of benzene rings is 2. The Morgan fingerprint density at radius 3 is 2.68 bits per heavy atom. The zero-order chi connectivity index (χ0) is 19.5. The fourth-order valence-electron chi connectivity index (χ4n) is 3.21. The lowest BCUT2D eigenvalue weighted by Crippen LogP contribution is -3.05. The number of nitrogens with zero attached hydrogens (tertiary/aromatic N) is 2. The second-order valence-corrected chi connectivity index (χ2v) is 8.20. The van der Waals surface area contributed by atoms with Crippen LogP contribution in [-0.4, -0.2) is 44.9 Å². The molecule has 2 heterocycles. The zero-order valence-electron chi connectivity index (χ0n) is 16.1. The Balaban J connectivity index is 1.60. The molecule has 0 spiro atoms. The number of hydrogen-bond acceptors (Lipinski definition) is 5. The summed E-state index contributed by atoms with van der Waals surface area (Å²) in [5.74, 6) is 1.52. The summed E-state index contributed by atoms with van der Waals surface area (Å²) in [7, 11) is 4.24. The number of amides is 1. The number of quaternary nitrogens is 1. The average Bonchev–Trinajstić information content (AvgIpc) is 3.29. The zero-order valence-corrected chi connectivity index (χ0v) is 16.9. The number of ether oxygens (including phenoxy) is 2. The van der Waals surface area contributed by atoms with E-state index in [0.717, 1.165) is 39.6 Å². The minimum atomic E-state index is 0.0686. The maximum absolute atomic E-state index is 13.1. The highest BCUT2D eigenvalue weighted by Crippen LogP contribution is 2.39. The Hall–Kier alpha value is -2.64. The first-order chi connectivity index (χ1) is 13.6. The van der Waals surface area contributed by atoms with Crippen LogP contribution in [0, 0.1) is 0 Å². The molecule has 0 saturated heterocycles. The Bertz CT molecular complexity index is 931. The van der Waals surface area contributed by atoms with E-state index in [1.54, 1.807) is 0 Å². The molecule has 4 rings (SSSR count). The molecule has 1 aromatic heterocycles.